The highest BCUT2D eigenvalue weighted by Crippen LogP contribution is 2.39. The van der Waals surface area contributed by atoms with Gasteiger partial charge >= 0.3 is 6.18 Å². The summed E-state index contributed by atoms with van der Waals surface area (Å²) in [6, 6.07) is 2.67. The van der Waals surface area contributed by atoms with Crippen molar-refractivity contribution >= 4 is 0 Å². The molecule has 0 saturated heterocycles. The average molecular weight is 242 g/mol. The first kappa shape index (κ1) is 12.5. The van der Waals surface area contributed by atoms with Crippen molar-refractivity contribution in [2.75, 3.05) is 0 Å². The van der Waals surface area contributed by atoms with Gasteiger partial charge in [-0.25, -0.2) is 0 Å². The van der Waals surface area contributed by atoms with E-state index in [9.17, 15) is 13.2 Å². The van der Waals surface area contributed by atoms with Crippen molar-refractivity contribution in [3.8, 4) is 0 Å². The van der Waals surface area contributed by atoms with Crippen molar-refractivity contribution in [3.63, 3.8) is 0 Å². The van der Waals surface area contributed by atoms with E-state index in [2.05, 4.69) is 0 Å². The van der Waals surface area contributed by atoms with E-state index in [-0.39, 0.29) is 5.41 Å². The lowest BCUT2D eigenvalue weighted by Gasteiger charge is -2.24. The summed E-state index contributed by atoms with van der Waals surface area (Å²) in [6.45, 7) is 5.92. The largest absolute Gasteiger partial charge is 0.416 e. The van der Waals surface area contributed by atoms with Gasteiger partial charge in [-0.3, -0.25) is 0 Å². The lowest BCUT2D eigenvalue weighted by molar-refractivity contribution is -0.137. The smallest absolute Gasteiger partial charge is 0.166 e. The van der Waals surface area contributed by atoms with Crippen LogP contribution in [-0.2, 0) is 24.4 Å². The zero-order valence-electron chi connectivity index (χ0n) is 10.4. The Hall–Kier alpha value is -0.990. The molecule has 17 heavy (non-hydrogen) atoms. The topological polar surface area (TPSA) is 0 Å². The van der Waals surface area contributed by atoms with E-state index < -0.39 is 11.7 Å². The molecule has 1 aliphatic rings. The van der Waals surface area contributed by atoms with E-state index in [1.165, 1.54) is 12.1 Å². The molecule has 0 nitrogen and oxygen atoms in total. The van der Waals surface area contributed by atoms with Crippen molar-refractivity contribution in [3.05, 3.63) is 34.4 Å². The Morgan fingerprint density at radius 1 is 1.00 bits per heavy atom. The second kappa shape index (κ2) is 3.76. The van der Waals surface area contributed by atoms with Gasteiger partial charge in [0, 0.05) is 0 Å². The van der Waals surface area contributed by atoms with Gasteiger partial charge in [0.25, 0.3) is 0 Å². The first-order valence-electron chi connectivity index (χ1n) is 5.93. The van der Waals surface area contributed by atoms with E-state index in [1.54, 1.807) is 0 Å². The lowest BCUT2D eigenvalue weighted by atomic mass is 9.81. The fourth-order valence-electron chi connectivity index (χ4n) is 2.54. The molecule has 0 amide bonds. The lowest BCUT2D eigenvalue weighted by Crippen LogP contribution is -2.17. The Balaban J connectivity index is 2.62. The van der Waals surface area contributed by atoms with Crippen LogP contribution in [0.2, 0.25) is 0 Å². The maximum absolute atomic E-state index is 12.8. The molecule has 0 N–H and O–H groups in total. The molecule has 1 aliphatic carbocycles. The molecule has 0 aliphatic heterocycles. The minimum absolute atomic E-state index is 0.227. The number of alkyl halides is 3. The summed E-state index contributed by atoms with van der Waals surface area (Å²) >= 11 is 0. The second-order valence-corrected chi connectivity index (χ2v) is 5.76. The Bertz CT molecular complexity index is 436. The first-order chi connectivity index (χ1) is 7.69. The minimum Gasteiger partial charge on any atom is -0.166 e. The van der Waals surface area contributed by atoms with Crippen LogP contribution in [0.4, 0.5) is 13.2 Å². The van der Waals surface area contributed by atoms with Crippen LogP contribution in [0.15, 0.2) is 12.1 Å². The molecule has 0 bridgehead atoms. The van der Waals surface area contributed by atoms with Crippen LogP contribution in [0.5, 0.6) is 0 Å². The van der Waals surface area contributed by atoms with Gasteiger partial charge in [0.2, 0.25) is 0 Å². The van der Waals surface area contributed by atoms with E-state index in [0.717, 1.165) is 36.0 Å². The third-order valence-electron chi connectivity index (χ3n) is 3.35. The summed E-state index contributed by atoms with van der Waals surface area (Å²) in [6.07, 6.45) is -1.57. The van der Waals surface area contributed by atoms with Crippen molar-refractivity contribution in [2.24, 2.45) is 0 Å². The molecule has 0 atom stereocenters. The number of hydrogen-bond acceptors (Lipinski definition) is 0. The highest BCUT2D eigenvalue weighted by atomic mass is 19.4. The van der Waals surface area contributed by atoms with Crippen molar-refractivity contribution in [1.29, 1.82) is 0 Å². The fraction of sp³-hybridized carbons (Fsp3) is 0.571. The summed E-state index contributed by atoms with van der Waals surface area (Å²) in [5.74, 6) is 0. The number of benzene rings is 1. The van der Waals surface area contributed by atoms with Crippen LogP contribution in [0.3, 0.4) is 0 Å². The maximum Gasteiger partial charge on any atom is 0.416 e. The normalized spacial score (nSPS) is 16.1. The molecule has 0 spiro atoms. The quantitative estimate of drug-likeness (QED) is 0.628. The van der Waals surface area contributed by atoms with E-state index in [0.29, 0.717) is 0 Å². The van der Waals surface area contributed by atoms with Gasteiger partial charge in [-0.05, 0) is 53.5 Å². The highest BCUT2D eigenvalue weighted by molar-refractivity contribution is 5.46. The number of halogens is 3. The molecule has 1 aromatic rings. The van der Waals surface area contributed by atoms with E-state index in [4.69, 9.17) is 0 Å². The van der Waals surface area contributed by atoms with E-state index >= 15 is 0 Å². The number of aryl methyl sites for hydroxylation is 1. The number of fused-ring (bicyclic) bond motifs is 1. The van der Waals surface area contributed by atoms with Gasteiger partial charge in [0.1, 0.15) is 0 Å². The van der Waals surface area contributed by atoms with Gasteiger partial charge in [0.15, 0.2) is 0 Å². The van der Waals surface area contributed by atoms with Gasteiger partial charge in [0.05, 0.1) is 5.56 Å². The first-order valence-corrected chi connectivity index (χ1v) is 5.93. The minimum atomic E-state index is -4.24. The molecule has 94 valence electrons. The Labute approximate surface area is 99.8 Å². The molecular weight excluding hydrogens is 225 g/mol. The molecular formula is C14H17F3. The molecule has 0 unspecified atom stereocenters. The summed E-state index contributed by atoms with van der Waals surface area (Å²) in [5.41, 5.74) is 2.17. The molecule has 2 rings (SSSR count). The maximum atomic E-state index is 12.8. The van der Waals surface area contributed by atoms with Crippen LogP contribution >= 0.6 is 0 Å². The van der Waals surface area contributed by atoms with Gasteiger partial charge in [-0.15, -0.1) is 0 Å². The number of rotatable bonds is 0. The molecule has 0 aromatic heterocycles. The van der Waals surface area contributed by atoms with Crippen LogP contribution < -0.4 is 0 Å². The van der Waals surface area contributed by atoms with E-state index in [1.807, 2.05) is 20.8 Å². The summed E-state index contributed by atoms with van der Waals surface area (Å²) < 4.78 is 38.5. The summed E-state index contributed by atoms with van der Waals surface area (Å²) in [4.78, 5) is 0. The zero-order valence-corrected chi connectivity index (χ0v) is 10.4. The van der Waals surface area contributed by atoms with Crippen molar-refractivity contribution in [1.82, 2.24) is 0 Å². The Morgan fingerprint density at radius 2 is 1.65 bits per heavy atom. The van der Waals surface area contributed by atoms with Crippen LogP contribution in [0, 0.1) is 0 Å². The van der Waals surface area contributed by atoms with Crippen LogP contribution in [-0.4, -0.2) is 0 Å². The third-order valence-corrected chi connectivity index (χ3v) is 3.35. The van der Waals surface area contributed by atoms with Gasteiger partial charge in [-0.2, -0.15) is 13.2 Å². The van der Waals surface area contributed by atoms with Crippen LogP contribution in [0.1, 0.15) is 49.4 Å². The molecule has 0 fully saturated rings. The molecule has 0 radical (unpaired) electrons. The molecule has 0 saturated carbocycles. The SMILES string of the molecule is CC(C)(C)c1cc(C(F)(F)F)cc2c1CCC2. The highest BCUT2D eigenvalue weighted by Gasteiger charge is 2.34. The predicted octanol–water partition coefficient (Wildman–Crippen LogP) is 4.49. The van der Waals surface area contributed by atoms with Crippen molar-refractivity contribution in [2.45, 2.75) is 51.6 Å². The standard InChI is InChI=1S/C14H17F3/c1-13(2,3)12-8-10(14(15,16)17)7-9-5-4-6-11(9)12/h7-8H,4-6H2,1-3H3. The monoisotopic (exact) mass is 242 g/mol. The predicted molar refractivity (Wildman–Crippen MR) is 62.2 cm³/mol. The number of hydrogen-bond donors (Lipinski definition) is 0. The Kier molecular flexibility index (Phi) is 2.75. The summed E-state index contributed by atoms with van der Waals surface area (Å²) in [7, 11) is 0. The van der Waals surface area contributed by atoms with Crippen LogP contribution in [0.25, 0.3) is 0 Å². The molecule has 1 aromatic carbocycles. The van der Waals surface area contributed by atoms with Gasteiger partial charge in [-0.1, -0.05) is 20.8 Å². The zero-order chi connectivity index (χ0) is 12.8. The summed E-state index contributed by atoms with van der Waals surface area (Å²) in [5, 5.41) is 0. The fourth-order valence-corrected chi connectivity index (χ4v) is 2.54. The average Bonchev–Trinajstić information content (AvgIpc) is 2.59. The second-order valence-electron chi connectivity index (χ2n) is 5.76. The molecule has 3 heteroatoms. The third kappa shape index (κ3) is 2.33. The Morgan fingerprint density at radius 3 is 2.18 bits per heavy atom. The van der Waals surface area contributed by atoms with Crippen molar-refractivity contribution < 1.29 is 13.2 Å². The molecule has 0 heterocycles. The van der Waals surface area contributed by atoms with Gasteiger partial charge < -0.3 is 0 Å².